The maximum absolute atomic E-state index is 5.44. The predicted molar refractivity (Wildman–Crippen MR) is 269 cm³/mol. The molecule has 0 unspecified atom stereocenters. The Labute approximate surface area is 366 Å². The highest BCUT2D eigenvalue weighted by atomic mass is 32.1. The van der Waals surface area contributed by atoms with Crippen LogP contribution in [0.1, 0.15) is 0 Å². The standard InChI is InChI=1S/C59H35N3S/c1-2-14-47(15-3-1)61-53-17-9-8-16-48(53)49-30-44(26-27-54(49)61)38-20-18-36(19-21-38)37-22-24-39(25-23-37)55-35-51-50-31-42-12-6-7-13-43(42)34-57(50)63-58(51)59-60-52-32-45-28-40-10-4-5-11-41(40)29-46(45)33-56(52)62(55)59/h1-35H. The molecule has 3 nitrogen and oxygen atoms in total. The number of nitrogens with zero attached hydrogens (tertiary/aromatic N) is 3. The van der Waals surface area contributed by atoms with Crippen LogP contribution in [0.2, 0.25) is 0 Å². The van der Waals surface area contributed by atoms with Gasteiger partial charge in [0.05, 0.1) is 32.5 Å². The summed E-state index contributed by atoms with van der Waals surface area (Å²) in [5.74, 6) is 0. The van der Waals surface area contributed by atoms with E-state index in [1.54, 1.807) is 0 Å². The van der Waals surface area contributed by atoms with Crippen molar-refractivity contribution in [3.8, 4) is 39.2 Å². The van der Waals surface area contributed by atoms with Gasteiger partial charge >= 0.3 is 0 Å². The van der Waals surface area contributed by atoms with E-state index in [-0.39, 0.29) is 0 Å². The Morgan fingerprint density at radius 1 is 0.349 bits per heavy atom. The summed E-state index contributed by atoms with van der Waals surface area (Å²) < 4.78 is 7.27. The van der Waals surface area contributed by atoms with Gasteiger partial charge in [0, 0.05) is 31.9 Å². The second kappa shape index (κ2) is 13.2. The normalized spacial score (nSPS) is 12.1. The monoisotopic (exact) mass is 817 g/mol. The van der Waals surface area contributed by atoms with Crippen molar-refractivity contribution in [2.45, 2.75) is 0 Å². The van der Waals surface area contributed by atoms with Crippen molar-refractivity contribution in [2.75, 3.05) is 0 Å². The minimum Gasteiger partial charge on any atom is -0.309 e. The summed E-state index contributed by atoms with van der Waals surface area (Å²) in [5.41, 5.74) is 13.8. The molecule has 4 heterocycles. The molecule has 0 aliphatic heterocycles. The number of thiophene rings is 1. The van der Waals surface area contributed by atoms with E-state index in [0.29, 0.717) is 0 Å². The molecule has 10 aromatic carbocycles. The molecule has 0 aliphatic carbocycles. The summed E-state index contributed by atoms with van der Waals surface area (Å²) in [7, 11) is 0. The Morgan fingerprint density at radius 2 is 0.921 bits per heavy atom. The van der Waals surface area contributed by atoms with Gasteiger partial charge in [-0.25, -0.2) is 4.98 Å². The number of pyridine rings is 1. The van der Waals surface area contributed by atoms with E-state index in [4.69, 9.17) is 4.98 Å². The fourth-order valence-electron chi connectivity index (χ4n) is 10.1. The van der Waals surface area contributed by atoms with E-state index in [9.17, 15) is 0 Å². The van der Waals surface area contributed by atoms with Gasteiger partial charge in [-0.05, 0) is 133 Å². The lowest BCUT2D eigenvalue weighted by molar-refractivity contribution is 1.18. The van der Waals surface area contributed by atoms with Crippen LogP contribution in [-0.2, 0) is 0 Å². The van der Waals surface area contributed by atoms with Crippen LogP contribution < -0.4 is 0 Å². The van der Waals surface area contributed by atoms with Gasteiger partial charge in [0.15, 0.2) is 5.65 Å². The Bertz CT molecular complexity index is 4160. The van der Waals surface area contributed by atoms with Crippen molar-refractivity contribution in [1.29, 1.82) is 0 Å². The third-order valence-electron chi connectivity index (χ3n) is 13.2. The molecule has 0 radical (unpaired) electrons. The van der Waals surface area contributed by atoms with Crippen molar-refractivity contribution < 1.29 is 0 Å². The molecule has 0 atom stereocenters. The quantitative estimate of drug-likeness (QED) is 0.162. The zero-order chi connectivity index (χ0) is 41.2. The summed E-state index contributed by atoms with van der Waals surface area (Å²) in [5, 5.41) is 12.5. The van der Waals surface area contributed by atoms with Gasteiger partial charge in [0.25, 0.3) is 0 Å². The summed E-state index contributed by atoms with van der Waals surface area (Å²) in [6.07, 6.45) is 0. The van der Waals surface area contributed by atoms with Gasteiger partial charge in [-0.15, -0.1) is 11.3 Å². The first kappa shape index (κ1) is 34.6. The number of hydrogen-bond donors (Lipinski definition) is 0. The fraction of sp³-hybridized carbons (Fsp3) is 0. The van der Waals surface area contributed by atoms with Gasteiger partial charge in [-0.3, -0.25) is 4.40 Å². The molecule has 0 N–H and O–H groups in total. The molecule has 0 amide bonds. The van der Waals surface area contributed by atoms with Crippen LogP contribution in [0.25, 0.3) is 130 Å². The molecule has 63 heavy (non-hydrogen) atoms. The van der Waals surface area contributed by atoms with Crippen molar-refractivity contribution in [2.24, 2.45) is 0 Å². The SMILES string of the molecule is c1ccc(-n2c3ccccc3c3cc(-c4ccc(-c5ccc(-c6cc7c8cc9ccccc9cc8sc7c7nc8cc9cc%10ccccc%10cc9cc8n67)cc5)cc4)ccc32)cc1. The Morgan fingerprint density at radius 3 is 1.65 bits per heavy atom. The molecule has 0 saturated heterocycles. The molecular weight excluding hydrogens is 783 g/mol. The summed E-state index contributed by atoms with van der Waals surface area (Å²) in [4.78, 5) is 5.44. The molecule has 4 aromatic heterocycles. The number of imidazole rings is 1. The minimum absolute atomic E-state index is 1.00. The van der Waals surface area contributed by atoms with Gasteiger partial charge in [0.1, 0.15) is 0 Å². The fourth-order valence-corrected chi connectivity index (χ4v) is 11.3. The van der Waals surface area contributed by atoms with E-state index < -0.39 is 0 Å². The molecule has 0 spiro atoms. The first-order valence-corrected chi connectivity index (χ1v) is 22.3. The Balaban J connectivity index is 0.886. The van der Waals surface area contributed by atoms with E-state index >= 15 is 0 Å². The van der Waals surface area contributed by atoms with Crippen molar-refractivity contribution in [3.63, 3.8) is 0 Å². The van der Waals surface area contributed by atoms with Crippen LogP contribution in [0.4, 0.5) is 0 Å². The highest BCUT2D eigenvalue weighted by molar-refractivity contribution is 7.26. The third kappa shape index (κ3) is 5.29. The van der Waals surface area contributed by atoms with Crippen LogP contribution in [0.15, 0.2) is 212 Å². The van der Waals surface area contributed by atoms with Gasteiger partial charge in [-0.2, -0.15) is 0 Å². The number of fused-ring (bicyclic) bond motifs is 13. The van der Waals surface area contributed by atoms with Crippen LogP contribution in [0.5, 0.6) is 0 Å². The molecular formula is C59H35N3S. The van der Waals surface area contributed by atoms with Crippen LogP contribution in [-0.4, -0.2) is 14.0 Å². The molecule has 292 valence electrons. The van der Waals surface area contributed by atoms with E-state index in [1.807, 2.05) is 11.3 Å². The van der Waals surface area contributed by atoms with Crippen molar-refractivity contribution in [1.82, 2.24) is 14.0 Å². The lowest BCUT2D eigenvalue weighted by Crippen LogP contribution is -1.93. The Hall–Kier alpha value is -8.05. The maximum atomic E-state index is 5.44. The van der Waals surface area contributed by atoms with Crippen LogP contribution in [0.3, 0.4) is 0 Å². The highest BCUT2D eigenvalue weighted by Gasteiger charge is 2.20. The first-order chi connectivity index (χ1) is 31.2. The van der Waals surface area contributed by atoms with Crippen molar-refractivity contribution >= 4 is 102 Å². The maximum Gasteiger partial charge on any atom is 0.156 e. The second-order valence-corrected chi connectivity index (χ2v) is 17.9. The molecule has 0 saturated carbocycles. The number of rotatable bonds is 4. The predicted octanol–water partition coefficient (Wildman–Crippen LogP) is 16.4. The minimum atomic E-state index is 1.00. The van der Waals surface area contributed by atoms with Gasteiger partial charge in [0.2, 0.25) is 0 Å². The third-order valence-corrected chi connectivity index (χ3v) is 14.4. The van der Waals surface area contributed by atoms with Crippen LogP contribution >= 0.6 is 11.3 Å². The summed E-state index contributed by atoms with van der Waals surface area (Å²) in [6.45, 7) is 0. The number of para-hydroxylation sites is 2. The number of hydrogen-bond acceptors (Lipinski definition) is 2. The Kier molecular flexibility index (Phi) is 7.27. The lowest BCUT2D eigenvalue weighted by Gasteiger charge is -2.11. The first-order valence-electron chi connectivity index (χ1n) is 21.5. The van der Waals surface area contributed by atoms with E-state index in [2.05, 4.69) is 221 Å². The topological polar surface area (TPSA) is 22.2 Å². The molecule has 0 fully saturated rings. The summed E-state index contributed by atoms with van der Waals surface area (Å²) >= 11 is 1.85. The average Bonchev–Trinajstić information content (AvgIpc) is 4.01. The lowest BCUT2D eigenvalue weighted by atomic mass is 9.98. The molecule has 14 aromatic rings. The molecule has 0 bridgehead atoms. The van der Waals surface area contributed by atoms with Gasteiger partial charge in [-0.1, -0.05) is 140 Å². The van der Waals surface area contributed by atoms with Crippen LogP contribution in [0, 0.1) is 0 Å². The molecule has 0 aliphatic rings. The zero-order valence-corrected chi connectivity index (χ0v) is 34.8. The van der Waals surface area contributed by atoms with E-state index in [1.165, 1.54) is 102 Å². The zero-order valence-electron chi connectivity index (χ0n) is 34.0. The summed E-state index contributed by atoms with van der Waals surface area (Å²) in [6, 6.07) is 78.0. The number of aromatic nitrogens is 3. The van der Waals surface area contributed by atoms with Crippen molar-refractivity contribution in [3.05, 3.63) is 212 Å². The highest BCUT2D eigenvalue weighted by Crippen LogP contribution is 2.43. The molecule has 14 rings (SSSR count). The second-order valence-electron chi connectivity index (χ2n) is 16.8. The largest absolute Gasteiger partial charge is 0.309 e. The smallest absolute Gasteiger partial charge is 0.156 e. The van der Waals surface area contributed by atoms with E-state index in [0.717, 1.165) is 27.9 Å². The molecule has 4 heteroatoms. The average molecular weight is 818 g/mol. The number of benzene rings is 10. The van der Waals surface area contributed by atoms with Gasteiger partial charge < -0.3 is 4.57 Å².